The molecule has 0 aliphatic rings. The van der Waals surface area contributed by atoms with Crippen molar-refractivity contribution >= 4 is 23.6 Å². The fraction of sp³-hybridized carbons (Fsp3) is 0.333. The molecule has 0 saturated heterocycles. The number of halogens is 3. The first-order chi connectivity index (χ1) is 12.2. The van der Waals surface area contributed by atoms with Crippen molar-refractivity contribution in [3.63, 3.8) is 0 Å². The van der Waals surface area contributed by atoms with Crippen LogP contribution in [0.5, 0.6) is 0 Å². The van der Waals surface area contributed by atoms with E-state index in [0.29, 0.717) is 5.16 Å². The first-order valence-electron chi connectivity index (χ1n) is 7.44. The molecule has 140 valence electrons. The number of carbonyl (C=O) groups is 2. The molecule has 2 rings (SSSR count). The predicted octanol–water partition coefficient (Wildman–Crippen LogP) is 1.46. The lowest BCUT2D eigenvalue weighted by Crippen LogP contribution is -2.41. The number of alkyl halides is 3. The van der Waals surface area contributed by atoms with Crippen LogP contribution in [0.25, 0.3) is 5.69 Å². The first kappa shape index (κ1) is 19.8. The number of hydrogen-bond acceptors (Lipinski definition) is 5. The molecule has 0 saturated carbocycles. The van der Waals surface area contributed by atoms with Gasteiger partial charge in [-0.25, -0.2) is 0 Å². The van der Waals surface area contributed by atoms with Gasteiger partial charge in [-0.1, -0.05) is 29.5 Å². The molecule has 0 radical (unpaired) electrons. The second-order valence-corrected chi connectivity index (χ2v) is 6.22. The van der Waals surface area contributed by atoms with Gasteiger partial charge in [0.15, 0.2) is 5.16 Å². The Hall–Kier alpha value is -2.56. The zero-order valence-corrected chi connectivity index (χ0v) is 14.5. The van der Waals surface area contributed by atoms with Crippen molar-refractivity contribution in [1.82, 2.24) is 25.4 Å². The summed E-state index contributed by atoms with van der Waals surface area (Å²) in [6.45, 7) is -0.00294. The highest BCUT2D eigenvalue weighted by Gasteiger charge is 2.27. The minimum Gasteiger partial charge on any atom is -0.346 e. The van der Waals surface area contributed by atoms with Gasteiger partial charge in [-0.2, -0.15) is 13.2 Å². The molecular formula is C15H16F3N5O2S. The number of nitrogens with one attached hydrogen (secondary N) is 2. The molecule has 0 fully saturated rings. The van der Waals surface area contributed by atoms with Gasteiger partial charge >= 0.3 is 6.18 Å². The molecule has 0 atom stereocenters. The van der Waals surface area contributed by atoms with Crippen LogP contribution in [-0.2, 0) is 9.59 Å². The quantitative estimate of drug-likeness (QED) is 0.703. The molecule has 0 aliphatic heterocycles. The van der Waals surface area contributed by atoms with Gasteiger partial charge in [0.25, 0.3) is 0 Å². The summed E-state index contributed by atoms with van der Waals surface area (Å²) in [6.07, 6.45) is -2.98. The monoisotopic (exact) mass is 387 g/mol. The number of hydrogen-bond donors (Lipinski definition) is 2. The van der Waals surface area contributed by atoms with Gasteiger partial charge < -0.3 is 10.6 Å². The Morgan fingerprint density at radius 2 is 1.85 bits per heavy atom. The zero-order chi connectivity index (χ0) is 19.2. The van der Waals surface area contributed by atoms with E-state index in [9.17, 15) is 22.8 Å². The van der Waals surface area contributed by atoms with Crippen LogP contribution in [0.15, 0.2) is 35.7 Å². The van der Waals surface area contributed by atoms with Crippen LogP contribution in [0.2, 0.25) is 0 Å². The number of carbonyl (C=O) groups excluding carboxylic acids is 2. The molecule has 7 nitrogen and oxygen atoms in total. The lowest BCUT2D eigenvalue weighted by atomic mass is 10.2. The Labute approximate surface area is 151 Å². The third kappa shape index (κ3) is 6.39. The van der Waals surface area contributed by atoms with E-state index in [1.54, 1.807) is 9.88 Å². The molecule has 0 unspecified atom stereocenters. The summed E-state index contributed by atoms with van der Waals surface area (Å²) in [5.74, 6) is -1.48. The molecule has 0 bridgehead atoms. The zero-order valence-electron chi connectivity index (χ0n) is 13.7. The molecule has 1 aromatic heterocycles. The number of aryl methyl sites for hydroxylation is 1. The minimum absolute atomic E-state index is 0.0584. The van der Waals surface area contributed by atoms with Crippen molar-refractivity contribution in [2.24, 2.45) is 0 Å². The molecule has 2 N–H and O–H groups in total. The van der Waals surface area contributed by atoms with Gasteiger partial charge in [0.1, 0.15) is 12.9 Å². The Bertz CT molecular complexity index is 761. The van der Waals surface area contributed by atoms with Crippen LogP contribution >= 0.6 is 11.8 Å². The number of thioether (sulfide) groups is 1. The van der Waals surface area contributed by atoms with E-state index in [-0.39, 0.29) is 5.75 Å². The first-order valence-corrected chi connectivity index (χ1v) is 8.43. The molecular weight excluding hydrogens is 371 g/mol. The Kier molecular flexibility index (Phi) is 6.61. The van der Waals surface area contributed by atoms with Crippen molar-refractivity contribution in [3.8, 4) is 5.69 Å². The molecule has 2 amide bonds. The highest BCUT2D eigenvalue weighted by atomic mass is 32.2. The summed E-state index contributed by atoms with van der Waals surface area (Å²) >= 11 is 1.10. The van der Waals surface area contributed by atoms with Crippen LogP contribution in [0.3, 0.4) is 0 Å². The molecule has 1 aromatic carbocycles. The lowest BCUT2D eigenvalue weighted by molar-refractivity contribution is -0.138. The van der Waals surface area contributed by atoms with Crippen molar-refractivity contribution in [1.29, 1.82) is 0 Å². The third-order valence-electron chi connectivity index (χ3n) is 3.09. The predicted molar refractivity (Wildman–Crippen MR) is 88.9 cm³/mol. The van der Waals surface area contributed by atoms with E-state index in [1.165, 1.54) is 6.33 Å². The average Bonchev–Trinajstić information content (AvgIpc) is 3.05. The van der Waals surface area contributed by atoms with Crippen LogP contribution < -0.4 is 10.6 Å². The summed E-state index contributed by atoms with van der Waals surface area (Å²) in [4.78, 5) is 23.0. The fourth-order valence-corrected chi connectivity index (χ4v) is 2.59. The second kappa shape index (κ2) is 8.70. The van der Waals surface area contributed by atoms with E-state index in [1.807, 2.05) is 31.2 Å². The van der Waals surface area contributed by atoms with E-state index in [2.05, 4.69) is 15.5 Å². The van der Waals surface area contributed by atoms with E-state index >= 15 is 0 Å². The van der Waals surface area contributed by atoms with Crippen LogP contribution in [-0.4, -0.2) is 51.6 Å². The Morgan fingerprint density at radius 1 is 1.15 bits per heavy atom. The van der Waals surface area contributed by atoms with Crippen LogP contribution in [0.4, 0.5) is 13.2 Å². The summed E-state index contributed by atoms with van der Waals surface area (Å²) in [6, 6.07) is 7.62. The minimum atomic E-state index is -4.49. The Balaban J connectivity index is 1.80. The summed E-state index contributed by atoms with van der Waals surface area (Å²) in [5.41, 5.74) is 1.93. The van der Waals surface area contributed by atoms with Crippen LogP contribution in [0, 0.1) is 6.92 Å². The molecule has 1 heterocycles. The van der Waals surface area contributed by atoms with Gasteiger partial charge in [-0.05, 0) is 19.1 Å². The maximum absolute atomic E-state index is 12.0. The van der Waals surface area contributed by atoms with Crippen molar-refractivity contribution < 1.29 is 22.8 Å². The number of benzene rings is 1. The van der Waals surface area contributed by atoms with Crippen LogP contribution in [0.1, 0.15) is 5.56 Å². The number of amides is 2. The second-order valence-electron chi connectivity index (χ2n) is 5.28. The van der Waals surface area contributed by atoms with E-state index in [0.717, 1.165) is 23.0 Å². The number of aromatic nitrogens is 3. The summed E-state index contributed by atoms with van der Waals surface area (Å²) in [7, 11) is 0. The highest BCUT2D eigenvalue weighted by Crippen LogP contribution is 2.19. The normalized spacial score (nSPS) is 11.2. The van der Waals surface area contributed by atoms with E-state index < -0.39 is 31.1 Å². The fourth-order valence-electron chi connectivity index (χ4n) is 1.83. The number of nitrogens with zero attached hydrogens (tertiary/aromatic N) is 3. The smallest absolute Gasteiger partial charge is 0.346 e. The van der Waals surface area contributed by atoms with Gasteiger partial charge in [0, 0.05) is 5.69 Å². The number of rotatable bonds is 7. The van der Waals surface area contributed by atoms with Gasteiger partial charge in [0.05, 0.1) is 12.3 Å². The summed E-state index contributed by atoms with van der Waals surface area (Å²) < 4.78 is 37.6. The maximum Gasteiger partial charge on any atom is 0.405 e. The van der Waals surface area contributed by atoms with Gasteiger partial charge in [0.2, 0.25) is 11.8 Å². The lowest BCUT2D eigenvalue weighted by Gasteiger charge is -2.09. The molecule has 26 heavy (non-hydrogen) atoms. The van der Waals surface area contributed by atoms with Gasteiger partial charge in [-0.15, -0.1) is 10.2 Å². The Morgan fingerprint density at radius 3 is 2.50 bits per heavy atom. The van der Waals surface area contributed by atoms with E-state index in [4.69, 9.17) is 0 Å². The average molecular weight is 387 g/mol. The topological polar surface area (TPSA) is 88.9 Å². The third-order valence-corrected chi connectivity index (χ3v) is 4.04. The maximum atomic E-state index is 12.0. The highest BCUT2D eigenvalue weighted by molar-refractivity contribution is 7.99. The molecule has 2 aromatic rings. The molecule has 11 heteroatoms. The summed E-state index contributed by atoms with van der Waals surface area (Å²) in [5, 5.41) is 12.1. The SMILES string of the molecule is Cc1ccc(-n2cnnc2SCC(=O)NCC(=O)NCC(F)(F)F)cc1. The molecule has 0 spiro atoms. The largest absolute Gasteiger partial charge is 0.405 e. The van der Waals surface area contributed by atoms with Crippen molar-refractivity contribution in [3.05, 3.63) is 36.2 Å². The van der Waals surface area contributed by atoms with Crippen molar-refractivity contribution in [2.75, 3.05) is 18.8 Å². The molecule has 0 aliphatic carbocycles. The van der Waals surface area contributed by atoms with Gasteiger partial charge in [-0.3, -0.25) is 14.2 Å². The van der Waals surface area contributed by atoms with Crippen molar-refractivity contribution in [2.45, 2.75) is 18.3 Å². The standard InChI is InChI=1S/C15H16F3N5O2S/c1-10-2-4-11(5-3-10)23-9-21-22-14(23)26-7-13(25)19-6-12(24)20-8-15(16,17)18/h2-5,9H,6-8H2,1H3,(H,19,25)(H,20,24).